The third-order valence-corrected chi connectivity index (χ3v) is 2.75. The Bertz CT molecular complexity index is 208. The normalized spacial score (nSPS) is 28.7. The average molecular weight is 217 g/mol. The number of carboxylic acid groups (broad SMARTS) is 1. The zero-order valence-electron chi connectivity index (χ0n) is 9.07. The molecule has 0 aromatic heterocycles. The summed E-state index contributed by atoms with van der Waals surface area (Å²) in [6, 6.07) is -0.877. The first-order chi connectivity index (χ1) is 7.09. The molecule has 5 heteroatoms. The van der Waals surface area contributed by atoms with E-state index in [2.05, 4.69) is 0 Å². The zero-order valence-corrected chi connectivity index (χ0v) is 9.07. The molecule has 0 saturated carbocycles. The molecule has 2 atom stereocenters. The van der Waals surface area contributed by atoms with E-state index in [1.807, 2.05) is 0 Å². The molecule has 2 unspecified atom stereocenters. The number of aliphatic carboxylic acids is 1. The van der Waals surface area contributed by atoms with E-state index in [-0.39, 0.29) is 0 Å². The molecule has 1 fully saturated rings. The third-order valence-electron chi connectivity index (χ3n) is 2.75. The van der Waals surface area contributed by atoms with Gasteiger partial charge in [0.15, 0.2) is 0 Å². The van der Waals surface area contributed by atoms with Gasteiger partial charge in [0, 0.05) is 20.1 Å². The maximum absolute atomic E-state index is 10.7. The molecular formula is C10H19NO4. The lowest BCUT2D eigenvalue weighted by Crippen LogP contribution is -2.47. The molecule has 88 valence electrons. The van der Waals surface area contributed by atoms with Crippen LogP contribution < -0.4 is 5.73 Å². The number of carboxylic acids is 1. The van der Waals surface area contributed by atoms with Crippen LogP contribution in [0.1, 0.15) is 25.7 Å². The summed E-state index contributed by atoms with van der Waals surface area (Å²) in [5.41, 5.74) is 5.03. The van der Waals surface area contributed by atoms with Gasteiger partial charge in [-0.25, -0.2) is 0 Å². The van der Waals surface area contributed by atoms with Crippen LogP contribution in [0.3, 0.4) is 0 Å². The minimum absolute atomic E-state index is 0.316. The molecular weight excluding hydrogens is 198 g/mol. The Labute approximate surface area is 89.5 Å². The van der Waals surface area contributed by atoms with Crippen molar-refractivity contribution >= 4 is 5.97 Å². The van der Waals surface area contributed by atoms with Crippen molar-refractivity contribution in [2.75, 3.05) is 20.3 Å². The van der Waals surface area contributed by atoms with E-state index in [9.17, 15) is 4.79 Å². The van der Waals surface area contributed by atoms with Gasteiger partial charge in [-0.3, -0.25) is 4.79 Å². The third kappa shape index (κ3) is 3.44. The summed E-state index contributed by atoms with van der Waals surface area (Å²) in [6.07, 6.45) is 3.20. The summed E-state index contributed by atoms with van der Waals surface area (Å²) in [6.45, 7) is 1.07. The Hall–Kier alpha value is -0.650. The number of ether oxygens (including phenoxy) is 2. The Kier molecular flexibility index (Phi) is 4.50. The molecule has 5 nitrogen and oxygen atoms in total. The highest BCUT2D eigenvalue weighted by Crippen LogP contribution is 2.29. The van der Waals surface area contributed by atoms with E-state index >= 15 is 0 Å². The van der Waals surface area contributed by atoms with Gasteiger partial charge in [-0.2, -0.15) is 0 Å². The van der Waals surface area contributed by atoms with Crippen molar-refractivity contribution < 1.29 is 19.4 Å². The molecule has 1 rings (SSSR count). The van der Waals surface area contributed by atoms with Crippen molar-refractivity contribution in [2.24, 2.45) is 5.73 Å². The standard InChI is InChI=1S/C10H19NO4/c1-14-7-10(4-2-3-5-15-10)6-8(11)9(12)13/h8H,2-7,11H2,1H3,(H,12,13). The molecule has 0 spiro atoms. The maximum atomic E-state index is 10.7. The van der Waals surface area contributed by atoms with Crippen LogP contribution in [0.15, 0.2) is 0 Å². The predicted molar refractivity (Wildman–Crippen MR) is 54.6 cm³/mol. The van der Waals surface area contributed by atoms with E-state index in [4.69, 9.17) is 20.3 Å². The van der Waals surface area contributed by atoms with Crippen LogP contribution >= 0.6 is 0 Å². The predicted octanol–water partition coefficient (Wildman–Crippen LogP) is 0.374. The van der Waals surface area contributed by atoms with Crippen LogP contribution in [0.2, 0.25) is 0 Å². The van der Waals surface area contributed by atoms with Gasteiger partial charge < -0.3 is 20.3 Å². The van der Waals surface area contributed by atoms with Gasteiger partial charge >= 0.3 is 5.97 Å². The van der Waals surface area contributed by atoms with Crippen molar-refractivity contribution in [3.05, 3.63) is 0 Å². The second-order valence-electron chi connectivity index (χ2n) is 4.07. The topological polar surface area (TPSA) is 81.8 Å². The molecule has 15 heavy (non-hydrogen) atoms. The molecule has 0 radical (unpaired) electrons. The average Bonchev–Trinajstić information content (AvgIpc) is 2.19. The number of hydrogen-bond donors (Lipinski definition) is 2. The largest absolute Gasteiger partial charge is 0.480 e. The van der Waals surface area contributed by atoms with Crippen LogP contribution in [-0.4, -0.2) is 43.0 Å². The monoisotopic (exact) mass is 217 g/mol. The second kappa shape index (κ2) is 5.44. The Morgan fingerprint density at radius 3 is 2.87 bits per heavy atom. The highest BCUT2D eigenvalue weighted by molar-refractivity contribution is 5.73. The quantitative estimate of drug-likeness (QED) is 0.695. The Morgan fingerprint density at radius 1 is 1.67 bits per heavy atom. The van der Waals surface area contributed by atoms with Gasteiger partial charge in [0.25, 0.3) is 0 Å². The molecule has 0 amide bonds. The van der Waals surface area contributed by atoms with Crippen LogP contribution in [0.4, 0.5) is 0 Å². The summed E-state index contributed by atoms with van der Waals surface area (Å²) in [5.74, 6) is -0.986. The first-order valence-corrected chi connectivity index (χ1v) is 5.21. The minimum Gasteiger partial charge on any atom is -0.480 e. The maximum Gasteiger partial charge on any atom is 0.320 e. The molecule has 0 aromatic carbocycles. The molecule has 0 aliphatic carbocycles. The smallest absolute Gasteiger partial charge is 0.320 e. The Balaban J connectivity index is 2.59. The van der Waals surface area contributed by atoms with Crippen molar-refractivity contribution in [3.63, 3.8) is 0 Å². The first kappa shape index (κ1) is 12.4. The van der Waals surface area contributed by atoms with Crippen molar-refractivity contribution in [1.82, 2.24) is 0 Å². The summed E-state index contributed by atoms with van der Waals surface area (Å²) >= 11 is 0. The second-order valence-corrected chi connectivity index (χ2v) is 4.07. The van der Waals surface area contributed by atoms with Gasteiger partial charge in [-0.15, -0.1) is 0 Å². The zero-order chi connectivity index (χ0) is 11.3. The fourth-order valence-electron chi connectivity index (χ4n) is 1.99. The fraction of sp³-hybridized carbons (Fsp3) is 0.900. The number of rotatable bonds is 5. The van der Waals surface area contributed by atoms with Crippen molar-refractivity contribution in [1.29, 1.82) is 0 Å². The summed E-state index contributed by atoms with van der Waals surface area (Å²) < 4.78 is 10.8. The van der Waals surface area contributed by atoms with Gasteiger partial charge in [-0.05, 0) is 19.3 Å². The van der Waals surface area contributed by atoms with E-state index in [0.29, 0.717) is 19.6 Å². The Morgan fingerprint density at radius 2 is 2.40 bits per heavy atom. The van der Waals surface area contributed by atoms with Crippen LogP contribution in [-0.2, 0) is 14.3 Å². The summed E-state index contributed by atoms with van der Waals surface area (Å²) in [4.78, 5) is 10.7. The van der Waals surface area contributed by atoms with Crippen LogP contribution in [0.5, 0.6) is 0 Å². The van der Waals surface area contributed by atoms with Crippen LogP contribution in [0, 0.1) is 0 Å². The lowest BCUT2D eigenvalue weighted by atomic mass is 9.88. The van der Waals surface area contributed by atoms with Crippen molar-refractivity contribution in [3.8, 4) is 0 Å². The molecule has 1 aliphatic rings. The van der Waals surface area contributed by atoms with Gasteiger partial charge in [0.05, 0.1) is 12.2 Å². The number of hydrogen-bond acceptors (Lipinski definition) is 4. The lowest BCUT2D eigenvalue weighted by Gasteiger charge is -2.37. The van der Waals surface area contributed by atoms with Gasteiger partial charge in [0.1, 0.15) is 6.04 Å². The van der Waals surface area contributed by atoms with Gasteiger partial charge in [-0.1, -0.05) is 0 Å². The highest BCUT2D eigenvalue weighted by Gasteiger charge is 2.36. The van der Waals surface area contributed by atoms with Crippen LogP contribution in [0.25, 0.3) is 0 Å². The number of carbonyl (C=O) groups is 1. The highest BCUT2D eigenvalue weighted by atomic mass is 16.5. The van der Waals surface area contributed by atoms with E-state index in [1.165, 1.54) is 0 Å². The minimum atomic E-state index is -0.986. The molecule has 1 aliphatic heterocycles. The van der Waals surface area contributed by atoms with Crippen molar-refractivity contribution in [2.45, 2.75) is 37.3 Å². The summed E-state index contributed by atoms with van der Waals surface area (Å²) in [5, 5.41) is 8.77. The van der Waals surface area contributed by atoms with E-state index < -0.39 is 17.6 Å². The molecule has 3 N–H and O–H groups in total. The lowest BCUT2D eigenvalue weighted by molar-refractivity contribution is -0.147. The fourth-order valence-corrected chi connectivity index (χ4v) is 1.99. The molecule has 0 bridgehead atoms. The van der Waals surface area contributed by atoms with E-state index in [0.717, 1.165) is 19.3 Å². The first-order valence-electron chi connectivity index (χ1n) is 5.21. The molecule has 1 saturated heterocycles. The summed E-state index contributed by atoms with van der Waals surface area (Å²) in [7, 11) is 1.59. The number of methoxy groups -OCH3 is 1. The van der Waals surface area contributed by atoms with Gasteiger partial charge in [0.2, 0.25) is 0 Å². The van der Waals surface area contributed by atoms with E-state index in [1.54, 1.807) is 7.11 Å². The SMILES string of the molecule is COCC1(CC(N)C(=O)O)CCCCO1. The molecule has 0 aromatic rings. The molecule has 1 heterocycles. The number of nitrogens with two attached hydrogens (primary N) is 1.